The Kier molecular flexibility index (Phi) is 3.64. The molecule has 2 saturated carbocycles. The Balaban J connectivity index is 1.53. The van der Waals surface area contributed by atoms with Crippen LogP contribution in [0.1, 0.15) is 63.1 Å². The minimum atomic E-state index is 0.500. The van der Waals surface area contributed by atoms with Crippen LogP contribution >= 0.6 is 0 Å². The molecule has 0 aliphatic heterocycles. The van der Waals surface area contributed by atoms with Gasteiger partial charge in [0.2, 0.25) is 5.89 Å². The zero-order valence-electron chi connectivity index (χ0n) is 11.2. The fourth-order valence-corrected chi connectivity index (χ4v) is 2.93. The third-order valence-electron chi connectivity index (χ3n) is 4.22. The van der Waals surface area contributed by atoms with Crippen LogP contribution in [0.5, 0.6) is 0 Å². The Bertz CT molecular complexity index is 378. The molecule has 2 aliphatic carbocycles. The summed E-state index contributed by atoms with van der Waals surface area (Å²) in [5.74, 6) is 3.15. The molecule has 2 fully saturated rings. The minimum absolute atomic E-state index is 0.500. The molecule has 4 nitrogen and oxygen atoms in total. The van der Waals surface area contributed by atoms with Crippen LogP contribution < -0.4 is 5.32 Å². The van der Waals surface area contributed by atoms with E-state index >= 15 is 0 Å². The average molecular weight is 249 g/mol. The molecular formula is C14H23N3O. The van der Waals surface area contributed by atoms with Crippen molar-refractivity contribution in [3.63, 3.8) is 0 Å². The second kappa shape index (κ2) is 5.39. The van der Waals surface area contributed by atoms with Crippen molar-refractivity contribution < 1.29 is 4.52 Å². The highest BCUT2D eigenvalue weighted by atomic mass is 16.5. The van der Waals surface area contributed by atoms with Gasteiger partial charge in [0.1, 0.15) is 0 Å². The van der Waals surface area contributed by atoms with Crippen molar-refractivity contribution in [2.75, 3.05) is 6.54 Å². The molecule has 0 aromatic carbocycles. The van der Waals surface area contributed by atoms with Crippen LogP contribution in [0.25, 0.3) is 0 Å². The van der Waals surface area contributed by atoms with Crippen molar-refractivity contribution in [3.05, 3.63) is 11.7 Å². The van der Waals surface area contributed by atoms with Gasteiger partial charge < -0.3 is 9.84 Å². The monoisotopic (exact) mass is 249 g/mol. The minimum Gasteiger partial charge on any atom is -0.339 e. The number of nitrogens with one attached hydrogen (secondary N) is 1. The van der Waals surface area contributed by atoms with Crippen molar-refractivity contribution in [1.29, 1.82) is 0 Å². The van der Waals surface area contributed by atoms with E-state index in [2.05, 4.69) is 22.4 Å². The summed E-state index contributed by atoms with van der Waals surface area (Å²) in [5.41, 5.74) is 0. The molecular weight excluding hydrogens is 226 g/mol. The molecule has 3 rings (SSSR count). The van der Waals surface area contributed by atoms with Crippen LogP contribution in [-0.2, 0) is 6.42 Å². The predicted octanol–water partition coefficient (Wildman–Crippen LogP) is 2.66. The lowest BCUT2D eigenvalue weighted by Crippen LogP contribution is -2.32. The molecule has 0 radical (unpaired) electrons. The average Bonchev–Trinajstić information content (AvgIpc) is 3.07. The van der Waals surface area contributed by atoms with E-state index < -0.39 is 0 Å². The molecule has 1 heterocycles. The highest BCUT2D eigenvalue weighted by Gasteiger charge is 2.28. The van der Waals surface area contributed by atoms with E-state index in [-0.39, 0.29) is 0 Å². The maximum Gasteiger partial charge on any atom is 0.229 e. The maximum absolute atomic E-state index is 5.45. The van der Waals surface area contributed by atoms with Crippen LogP contribution in [0.15, 0.2) is 4.52 Å². The molecule has 0 amide bonds. The van der Waals surface area contributed by atoms with Gasteiger partial charge in [-0.2, -0.15) is 4.98 Å². The van der Waals surface area contributed by atoms with Gasteiger partial charge in [-0.3, -0.25) is 0 Å². The van der Waals surface area contributed by atoms with Crippen molar-refractivity contribution >= 4 is 0 Å². The van der Waals surface area contributed by atoms with Crippen molar-refractivity contribution in [1.82, 2.24) is 15.5 Å². The van der Waals surface area contributed by atoms with E-state index in [9.17, 15) is 0 Å². The number of aromatic nitrogens is 2. The maximum atomic E-state index is 5.45. The molecule has 4 heteroatoms. The summed E-state index contributed by atoms with van der Waals surface area (Å²) in [4.78, 5) is 4.59. The highest BCUT2D eigenvalue weighted by Crippen LogP contribution is 2.34. The highest BCUT2D eigenvalue weighted by molar-refractivity contribution is 4.99. The second-order valence-electron chi connectivity index (χ2n) is 5.80. The molecule has 0 spiro atoms. The zero-order chi connectivity index (χ0) is 12.4. The first-order chi connectivity index (χ1) is 8.85. The third kappa shape index (κ3) is 2.91. The molecule has 0 atom stereocenters. The second-order valence-corrected chi connectivity index (χ2v) is 5.80. The van der Waals surface area contributed by atoms with Crippen LogP contribution in [0.2, 0.25) is 0 Å². The van der Waals surface area contributed by atoms with Gasteiger partial charge in [0.05, 0.1) is 0 Å². The Morgan fingerprint density at radius 3 is 2.61 bits per heavy atom. The topological polar surface area (TPSA) is 51.0 Å². The van der Waals surface area contributed by atoms with Gasteiger partial charge in [-0.25, -0.2) is 0 Å². The Labute approximate surface area is 109 Å². The Hall–Kier alpha value is -0.900. The van der Waals surface area contributed by atoms with E-state index in [1.165, 1.54) is 38.5 Å². The molecule has 1 aromatic rings. The van der Waals surface area contributed by atoms with Gasteiger partial charge >= 0.3 is 0 Å². The quantitative estimate of drug-likeness (QED) is 0.871. The molecule has 1 aromatic heterocycles. The Morgan fingerprint density at radius 1 is 1.17 bits per heavy atom. The summed E-state index contributed by atoms with van der Waals surface area (Å²) in [7, 11) is 0. The summed E-state index contributed by atoms with van der Waals surface area (Å²) in [6.07, 6.45) is 8.55. The van der Waals surface area contributed by atoms with Gasteiger partial charge in [0.15, 0.2) is 5.82 Å². The summed E-state index contributed by atoms with van der Waals surface area (Å²) in [5, 5.41) is 7.65. The molecule has 0 unspecified atom stereocenters. The fraction of sp³-hybridized carbons (Fsp3) is 0.857. The van der Waals surface area contributed by atoms with Gasteiger partial charge in [-0.05, 0) is 51.0 Å². The first-order valence-corrected chi connectivity index (χ1v) is 7.41. The van der Waals surface area contributed by atoms with Crippen molar-refractivity contribution in [2.24, 2.45) is 5.92 Å². The van der Waals surface area contributed by atoms with Crippen LogP contribution in [0.3, 0.4) is 0 Å². The van der Waals surface area contributed by atoms with Gasteiger partial charge in [0.25, 0.3) is 0 Å². The van der Waals surface area contributed by atoms with E-state index in [1.54, 1.807) is 0 Å². The zero-order valence-corrected chi connectivity index (χ0v) is 11.2. The van der Waals surface area contributed by atoms with Gasteiger partial charge in [-0.1, -0.05) is 12.1 Å². The number of nitrogens with zero attached hydrogens (tertiary/aromatic N) is 2. The first kappa shape index (κ1) is 12.2. The number of hydrogen-bond acceptors (Lipinski definition) is 4. The number of rotatable bonds is 5. The predicted molar refractivity (Wildman–Crippen MR) is 69.4 cm³/mol. The van der Waals surface area contributed by atoms with Crippen molar-refractivity contribution in [3.8, 4) is 0 Å². The third-order valence-corrected chi connectivity index (χ3v) is 4.22. The number of hydrogen-bond donors (Lipinski definition) is 1. The summed E-state index contributed by atoms with van der Waals surface area (Å²) in [6, 6.07) is 0.695. The van der Waals surface area contributed by atoms with E-state index in [0.717, 1.165) is 30.6 Å². The van der Waals surface area contributed by atoms with Crippen LogP contribution in [0.4, 0.5) is 0 Å². The van der Waals surface area contributed by atoms with E-state index in [4.69, 9.17) is 4.52 Å². The van der Waals surface area contributed by atoms with Crippen LogP contribution in [0, 0.1) is 5.92 Å². The molecule has 100 valence electrons. The Morgan fingerprint density at radius 2 is 1.94 bits per heavy atom. The van der Waals surface area contributed by atoms with Crippen LogP contribution in [-0.4, -0.2) is 22.7 Å². The molecule has 0 bridgehead atoms. The summed E-state index contributed by atoms with van der Waals surface area (Å²) < 4.78 is 5.45. The van der Waals surface area contributed by atoms with E-state index in [0.29, 0.717) is 12.0 Å². The van der Waals surface area contributed by atoms with Crippen molar-refractivity contribution in [2.45, 2.75) is 63.8 Å². The SMILES string of the molecule is CCNC1CCC(c2nc(CC3CC3)no2)CC1. The first-order valence-electron chi connectivity index (χ1n) is 7.41. The lowest BCUT2D eigenvalue weighted by atomic mass is 9.86. The summed E-state index contributed by atoms with van der Waals surface area (Å²) in [6.45, 7) is 3.25. The van der Waals surface area contributed by atoms with E-state index in [1.807, 2.05) is 0 Å². The lowest BCUT2D eigenvalue weighted by Gasteiger charge is -2.26. The molecule has 18 heavy (non-hydrogen) atoms. The van der Waals surface area contributed by atoms with Gasteiger partial charge in [0, 0.05) is 18.4 Å². The summed E-state index contributed by atoms with van der Waals surface area (Å²) >= 11 is 0. The molecule has 2 aliphatic rings. The smallest absolute Gasteiger partial charge is 0.229 e. The molecule has 0 saturated heterocycles. The lowest BCUT2D eigenvalue weighted by molar-refractivity contribution is 0.283. The van der Waals surface area contributed by atoms with Gasteiger partial charge in [-0.15, -0.1) is 0 Å². The fourth-order valence-electron chi connectivity index (χ4n) is 2.93. The largest absolute Gasteiger partial charge is 0.339 e. The standard InChI is InChI=1S/C14H23N3O/c1-2-15-12-7-5-11(6-8-12)14-16-13(17-18-14)9-10-3-4-10/h10-12,15H,2-9H2,1H3. The molecule has 1 N–H and O–H groups in total. The normalized spacial score (nSPS) is 28.5.